The number of halogens is 1. The third-order valence-electron chi connectivity index (χ3n) is 3.68. The molecule has 1 rings (SSSR count). The van der Waals surface area contributed by atoms with E-state index in [0.29, 0.717) is 5.56 Å². The Labute approximate surface area is 111 Å². The highest BCUT2D eigenvalue weighted by Crippen LogP contribution is 2.42. The molecule has 1 unspecified atom stereocenters. The molecule has 0 aliphatic heterocycles. The minimum atomic E-state index is -1.48. The average Bonchev–Trinajstić information content (AvgIpc) is 2.25. The molecule has 0 fully saturated rings. The van der Waals surface area contributed by atoms with Gasteiger partial charge in [0.2, 0.25) is 0 Å². The Kier molecular flexibility index (Phi) is 3.92. The van der Waals surface area contributed by atoms with Crippen molar-refractivity contribution in [3.8, 4) is 0 Å². The van der Waals surface area contributed by atoms with Crippen molar-refractivity contribution >= 4 is 0 Å². The minimum Gasteiger partial charge on any atom is -0.327 e. The van der Waals surface area contributed by atoms with E-state index in [-0.39, 0.29) is 12.0 Å². The predicted molar refractivity (Wildman–Crippen MR) is 76.4 cm³/mol. The smallest absolute Gasteiger partial charge is 0.152 e. The molecular weight excluding hydrogens is 225 g/mol. The van der Waals surface area contributed by atoms with Crippen LogP contribution in [0.2, 0.25) is 0 Å². The zero-order valence-electron chi connectivity index (χ0n) is 12.5. The van der Waals surface area contributed by atoms with Crippen LogP contribution in [0.4, 0.5) is 4.39 Å². The van der Waals surface area contributed by atoms with Gasteiger partial charge in [0.15, 0.2) is 5.67 Å². The minimum absolute atomic E-state index is 0.00532. The van der Waals surface area contributed by atoms with Crippen molar-refractivity contribution in [3.05, 3.63) is 35.4 Å². The summed E-state index contributed by atoms with van der Waals surface area (Å²) < 4.78 is 15.1. The van der Waals surface area contributed by atoms with Crippen molar-refractivity contribution in [1.29, 1.82) is 0 Å². The lowest BCUT2D eigenvalue weighted by Crippen LogP contribution is -2.42. The van der Waals surface area contributed by atoms with Crippen LogP contribution in [-0.4, -0.2) is 6.54 Å². The lowest BCUT2D eigenvalue weighted by atomic mass is 9.73. The van der Waals surface area contributed by atoms with Crippen LogP contribution in [-0.2, 0) is 11.1 Å². The Bertz CT molecular complexity index is 395. The fourth-order valence-electron chi connectivity index (χ4n) is 2.09. The lowest BCUT2D eigenvalue weighted by Gasteiger charge is -2.37. The van der Waals surface area contributed by atoms with Gasteiger partial charge in [0.05, 0.1) is 0 Å². The zero-order chi connectivity index (χ0) is 14.2. The number of hydrogen-bond donors (Lipinski definition) is 1. The van der Waals surface area contributed by atoms with Crippen LogP contribution in [0.1, 0.15) is 52.7 Å². The number of hydrogen-bond acceptors (Lipinski definition) is 1. The molecule has 0 aliphatic rings. The Hall–Kier alpha value is -0.890. The van der Waals surface area contributed by atoms with E-state index in [1.165, 1.54) is 5.56 Å². The van der Waals surface area contributed by atoms with E-state index in [9.17, 15) is 0 Å². The van der Waals surface area contributed by atoms with E-state index < -0.39 is 11.1 Å². The van der Waals surface area contributed by atoms with E-state index in [2.05, 4.69) is 20.8 Å². The van der Waals surface area contributed by atoms with Gasteiger partial charge in [0.1, 0.15) is 0 Å². The van der Waals surface area contributed by atoms with Crippen molar-refractivity contribution in [2.75, 3.05) is 6.54 Å². The maximum Gasteiger partial charge on any atom is 0.152 e. The molecular formula is C16H26FN. The summed E-state index contributed by atoms with van der Waals surface area (Å²) in [6, 6.07) is 7.76. The Balaban J connectivity index is 3.19. The summed E-state index contributed by atoms with van der Waals surface area (Å²) in [4.78, 5) is 0. The Morgan fingerprint density at radius 1 is 0.889 bits per heavy atom. The summed E-state index contributed by atoms with van der Waals surface area (Å²) in [5, 5.41) is 0. The van der Waals surface area contributed by atoms with E-state index >= 15 is 4.39 Å². The molecule has 0 radical (unpaired) electrons. The normalized spacial score (nSPS) is 16.4. The van der Waals surface area contributed by atoms with Crippen molar-refractivity contribution in [3.63, 3.8) is 0 Å². The maximum atomic E-state index is 15.1. The molecule has 0 aliphatic carbocycles. The topological polar surface area (TPSA) is 26.0 Å². The van der Waals surface area contributed by atoms with Gasteiger partial charge in [-0.05, 0) is 16.5 Å². The van der Waals surface area contributed by atoms with Gasteiger partial charge in [-0.2, -0.15) is 0 Å². The predicted octanol–water partition coefficient (Wildman–Crippen LogP) is 4.15. The second-order valence-electron chi connectivity index (χ2n) is 7.08. The number of nitrogens with two attached hydrogens (primary N) is 1. The molecule has 0 saturated heterocycles. The van der Waals surface area contributed by atoms with E-state index in [1.54, 1.807) is 0 Å². The number of benzene rings is 1. The summed E-state index contributed by atoms with van der Waals surface area (Å²) in [5.41, 5.74) is 5.65. The van der Waals surface area contributed by atoms with Crippen molar-refractivity contribution < 1.29 is 4.39 Å². The molecule has 18 heavy (non-hydrogen) atoms. The highest BCUT2D eigenvalue weighted by molar-refractivity contribution is 5.32. The highest BCUT2D eigenvalue weighted by Gasteiger charge is 2.42. The van der Waals surface area contributed by atoms with Crippen LogP contribution in [0.3, 0.4) is 0 Å². The quantitative estimate of drug-likeness (QED) is 0.839. The van der Waals surface area contributed by atoms with Gasteiger partial charge in [0.25, 0.3) is 0 Å². The summed E-state index contributed by atoms with van der Waals surface area (Å²) in [5.74, 6) is 0. The molecule has 1 atom stereocenters. The second-order valence-corrected chi connectivity index (χ2v) is 7.08. The van der Waals surface area contributed by atoms with Crippen molar-refractivity contribution in [2.45, 2.75) is 52.6 Å². The number of rotatable bonds is 2. The third kappa shape index (κ3) is 2.74. The van der Waals surface area contributed by atoms with Crippen LogP contribution < -0.4 is 5.73 Å². The first kappa shape index (κ1) is 15.2. The molecule has 1 nitrogen and oxygen atoms in total. The first-order chi connectivity index (χ1) is 8.02. The average molecular weight is 251 g/mol. The van der Waals surface area contributed by atoms with Crippen LogP contribution in [0.5, 0.6) is 0 Å². The largest absolute Gasteiger partial charge is 0.327 e. The van der Waals surface area contributed by atoms with Crippen LogP contribution in [0.15, 0.2) is 24.3 Å². The Morgan fingerprint density at radius 3 is 1.56 bits per heavy atom. The van der Waals surface area contributed by atoms with Gasteiger partial charge in [0, 0.05) is 12.0 Å². The van der Waals surface area contributed by atoms with Crippen LogP contribution >= 0.6 is 0 Å². The molecule has 102 valence electrons. The van der Waals surface area contributed by atoms with E-state index in [1.807, 2.05) is 45.0 Å². The molecule has 0 bridgehead atoms. The molecule has 2 heteroatoms. The molecule has 0 heterocycles. The maximum absolute atomic E-state index is 15.1. The first-order valence-corrected chi connectivity index (χ1v) is 6.52. The molecule has 0 spiro atoms. The Morgan fingerprint density at radius 2 is 1.28 bits per heavy atom. The lowest BCUT2D eigenvalue weighted by molar-refractivity contribution is 0.0343. The molecule has 1 aromatic rings. The summed E-state index contributed by atoms with van der Waals surface area (Å²) >= 11 is 0. The van der Waals surface area contributed by atoms with Crippen LogP contribution in [0, 0.1) is 5.41 Å². The zero-order valence-corrected chi connectivity index (χ0v) is 12.5. The van der Waals surface area contributed by atoms with Gasteiger partial charge in [-0.15, -0.1) is 0 Å². The SMILES string of the molecule is CC(C)(C)c1ccc(C(F)(CN)C(C)(C)C)cc1. The highest BCUT2D eigenvalue weighted by atomic mass is 19.1. The van der Waals surface area contributed by atoms with E-state index in [4.69, 9.17) is 5.73 Å². The van der Waals surface area contributed by atoms with Gasteiger partial charge >= 0.3 is 0 Å². The monoisotopic (exact) mass is 251 g/mol. The second kappa shape index (κ2) is 4.65. The standard InChI is InChI=1S/C16H26FN/c1-14(2,3)12-7-9-13(10-8-12)16(17,11-18)15(4,5)6/h7-10H,11,18H2,1-6H3. The first-order valence-electron chi connectivity index (χ1n) is 6.52. The van der Waals surface area contributed by atoms with Crippen molar-refractivity contribution in [2.24, 2.45) is 11.1 Å². The summed E-state index contributed by atoms with van der Waals surface area (Å²) in [7, 11) is 0. The van der Waals surface area contributed by atoms with Crippen LogP contribution in [0.25, 0.3) is 0 Å². The number of alkyl halides is 1. The fourth-order valence-corrected chi connectivity index (χ4v) is 2.09. The molecule has 2 N–H and O–H groups in total. The fraction of sp³-hybridized carbons (Fsp3) is 0.625. The van der Waals surface area contributed by atoms with Gasteiger partial charge in [-0.1, -0.05) is 65.8 Å². The third-order valence-corrected chi connectivity index (χ3v) is 3.68. The molecule has 0 amide bonds. The van der Waals surface area contributed by atoms with Gasteiger partial charge < -0.3 is 5.73 Å². The molecule has 1 aromatic carbocycles. The molecule has 0 aromatic heterocycles. The summed E-state index contributed by atoms with van der Waals surface area (Å²) in [6.07, 6.45) is 0. The van der Waals surface area contributed by atoms with E-state index in [0.717, 1.165) is 0 Å². The van der Waals surface area contributed by atoms with Gasteiger partial charge in [-0.25, -0.2) is 4.39 Å². The molecule has 0 saturated carbocycles. The van der Waals surface area contributed by atoms with Crippen molar-refractivity contribution in [1.82, 2.24) is 0 Å². The van der Waals surface area contributed by atoms with Gasteiger partial charge in [-0.3, -0.25) is 0 Å². The summed E-state index contributed by atoms with van der Waals surface area (Å²) in [6.45, 7) is 12.1.